The Bertz CT molecular complexity index is 82.7. The molecule has 0 aromatic heterocycles. The molecule has 0 aromatic carbocycles. The van der Waals surface area contributed by atoms with Crippen molar-refractivity contribution in [1.29, 1.82) is 0 Å². The highest BCUT2D eigenvalue weighted by Gasteiger charge is 1.92. The van der Waals surface area contributed by atoms with Gasteiger partial charge in [0.25, 0.3) is 0 Å². The molecule has 0 rings (SSSR count). The fourth-order valence-corrected chi connectivity index (χ4v) is 0.944. The van der Waals surface area contributed by atoms with Crippen molar-refractivity contribution >= 4 is 31.9 Å². The van der Waals surface area contributed by atoms with E-state index in [0.717, 1.165) is 12.8 Å². The molecule has 0 spiro atoms. The molecule has 0 aliphatic carbocycles. The Labute approximate surface area is 67.6 Å². The molecule has 0 unspecified atom stereocenters. The van der Waals surface area contributed by atoms with Crippen LogP contribution in [0.2, 0.25) is 0 Å². The Morgan fingerprint density at radius 1 is 1.00 bits per heavy atom. The Kier molecular flexibility index (Phi) is 4.97. The van der Waals surface area contributed by atoms with Crippen LogP contribution >= 0.6 is 31.9 Å². The van der Waals surface area contributed by atoms with Gasteiger partial charge >= 0.3 is 0 Å². The van der Waals surface area contributed by atoms with Gasteiger partial charge in [-0.1, -0.05) is 45.7 Å². The van der Waals surface area contributed by atoms with Crippen LogP contribution in [0.4, 0.5) is 0 Å². The molecule has 2 heteroatoms. The molecule has 0 saturated heterocycles. The van der Waals surface area contributed by atoms with Crippen molar-refractivity contribution in [3.05, 3.63) is 8.96 Å². The van der Waals surface area contributed by atoms with Crippen LogP contribution in [-0.4, -0.2) is 0 Å². The Hall–Kier alpha value is 0.700. The predicted octanol–water partition coefficient (Wildman–Crippen LogP) is 3.81. The van der Waals surface area contributed by atoms with Gasteiger partial charge in [0.15, 0.2) is 0 Å². The predicted molar refractivity (Wildman–Crippen MR) is 45.5 cm³/mol. The van der Waals surface area contributed by atoms with Crippen LogP contribution in [0.15, 0.2) is 8.96 Å². The van der Waals surface area contributed by atoms with Crippen LogP contribution in [0, 0.1) is 0 Å². The molecule has 0 amide bonds. The van der Waals surface area contributed by atoms with E-state index in [1.807, 2.05) is 0 Å². The number of rotatable bonds is 2. The van der Waals surface area contributed by atoms with Crippen LogP contribution in [0.5, 0.6) is 0 Å². The summed E-state index contributed by atoms with van der Waals surface area (Å²) in [5.41, 5.74) is 0. The van der Waals surface area contributed by atoms with E-state index in [2.05, 4.69) is 45.7 Å². The molecule has 0 aromatic rings. The zero-order valence-electron chi connectivity index (χ0n) is 5.17. The average Bonchev–Trinajstić information content (AvgIpc) is 1.84. The van der Waals surface area contributed by atoms with E-state index < -0.39 is 0 Å². The lowest BCUT2D eigenvalue weighted by molar-refractivity contribution is 1.13. The highest BCUT2D eigenvalue weighted by Crippen LogP contribution is 2.22. The van der Waals surface area contributed by atoms with Crippen LogP contribution < -0.4 is 0 Å². The molecule has 0 aliphatic rings. The van der Waals surface area contributed by atoms with Gasteiger partial charge in [-0.2, -0.15) is 0 Å². The van der Waals surface area contributed by atoms with Gasteiger partial charge in [-0.3, -0.25) is 0 Å². The minimum Gasteiger partial charge on any atom is -0.0608 e. The number of hydrogen-bond acceptors (Lipinski definition) is 0. The van der Waals surface area contributed by atoms with E-state index in [9.17, 15) is 0 Å². The van der Waals surface area contributed by atoms with Crippen molar-refractivity contribution in [2.24, 2.45) is 0 Å². The van der Waals surface area contributed by atoms with E-state index in [1.165, 1.54) is 8.96 Å². The van der Waals surface area contributed by atoms with E-state index in [4.69, 9.17) is 0 Å². The lowest BCUT2D eigenvalue weighted by Crippen LogP contribution is -1.71. The summed E-state index contributed by atoms with van der Waals surface area (Å²) in [7, 11) is 0. The highest BCUT2D eigenvalue weighted by atomic mass is 79.9. The second kappa shape index (κ2) is 4.57. The monoisotopic (exact) mass is 240 g/mol. The maximum Gasteiger partial charge on any atom is 0.00489 e. The van der Waals surface area contributed by atoms with Crippen molar-refractivity contribution in [3.63, 3.8) is 0 Å². The molecule has 48 valence electrons. The summed E-state index contributed by atoms with van der Waals surface area (Å²) in [6, 6.07) is 0. The van der Waals surface area contributed by atoms with Gasteiger partial charge in [-0.15, -0.1) is 0 Å². The van der Waals surface area contributed by atoms with Crippen molar-refractivity contribution in [2.45, 2.75) is 26.7 Å². The summed E-state index contributed by atoms with van der Waals surface area (Å²) >= 11 is 6.87. The standard InChI is InChI=1S/C6H10Br2/c1-3-5(7)6(8)4-2/h3-4H2,1-2H3/b6-5+. The second-order valence-electron chi connectivity index (χ2n) is 1.52. The Morgan fingerprint density at radius 2 is 1.25 bits per heavy atom. The molecule has 0 bridgehead atoms. The van der Waals surface area contributed by atoms with Crippen LogP contribution in [0.25, 0.3) is 0 Å². The first-order chi connectivity index (χ1) is 3.72. The normalized spacial score (nSPS) is 13.5. The van der Waals surface area contributed by atoms with Gasteiger partial charge in [0.2, 0.25) is 0 Å². The number of allylic oxidation sites excluding steroid dienone is 2. The smallest absolute Gasteiger partial charge is 0.00489 e. The first-order valence-corrected chi connectivity index (χ1v) is 4.34. The molecular weight excluding hydrogens is 232 g/mol. The summed E-state index contributed by atoms with van der Waals surface area (Å²) in [4.78, 5) is 0. The third-order valence-electron chi connectivity index (χ3n) is 0.915. The first-order valence-electron chi connectivity index (χ1n) is 2.75. The lowest BCUT2D eigenvalue weighted by Gasteiger charge is -1.95. The molecule has 0 N–H and O–H groups in total. The van der Waals surface area contributed by atoms with Gasteiger partial charge in [0, 0.05) is 8.96 Å². The van der Waals surface area contributed by atoms with Gasteiger partial charge < -0.3 is 0 Å². The molecular formula is C6H10Br2. The summed E-state index contributed by atoms with van der Waals surface area (Å²) < 4.78 is 2.56. The fraction of sp³-hybridized carbons (Fsp3) is 0.667. The largest absolute Gasteiger partial charge is 0.0608 e. The van der Waals surface area contributed by atoms with Crippen molar-refractivity contribution in [1.82, 2.24) is 0 Å². The van der Waals surface area contributed by atoms with Gasteiger partial charge in [0.1, 0.15) is 0 Å². The van der Waals surface area contributed by atoms with E-state index in [0.29, 0.717) is 0 Å². The van der Waals surface area contributed by atoms with E-state index in [-0.39, 0.29) is 0 Å². The summed E-state index contributed by atoms with van der Waals surface area (Å²) in [6.45, 7) is 4.25. The Morgan fingerprint density at radius 3 is 1.38 bits per heavy atom. The Balaban J connectivity index is 3.83. The average molecular weight is 242 g/mol. The summed E-state index contributed by atoms with van der Waals surface area (Å²) in [5.74, 6) is 0. The van der Waals surface area contributed by atoms with Crippen LogP contribution in [-0.2, 0) is 0 Å². The topological polar surface area (TPSA) is 0 Å². The summed E-state index contributed by atoms with van der Waals surface area (Å²) in [6.07, 6.45) is 2.16. The number of halogens is 2. The first kappa shape index (κ1) is 8.70. The molecule has 0 saturated carbocycles. The minimum atomic E-state index is 1.08. The maximum atomic E-state index is 3.44. The third kappa shape index (κ3) is 2.88. The third-order valence-corrected chi connectivity index (χ3v) is 3.53. The van der Waals surface area contributed by atoms with Crippen molar-refractivity contribution in [3.8, 4) is 0 Å². The molecule has 0 heterocycles. The van der Waals surface area contributed by atoms with Crippen molar-refractivity contribution in [2.75, 3.05) is 0 Å². The maximum absolute atomic E-state index is 3.44. The number of hydrogen-bond donors (Lipinski definition) is 0. The van der Waals surface area contributed by atoms with E-state index >= 15 is 0 Å². The molecule has 0 nitrogen and oxygen atoms in total. The molecule has 0 atom stereocenters. The summed E-state index contributed by atoms with van der Waals surface area (Å²) in [5, 5.41) is 0. The van der Waals surface area contributed by atoms with Crippen LogP contribution in [0.3, 0.4) is 0 Å². The van der Waals surface area contributed by atoms with E-state index in [1.54, 1.807) is 0 Å². The highest BCUT2D eigenvalue weighted by molar-refractivity contribution is 9.14. The molecule has 0 fully saturated rings. The van der Waals surface area contributed by atoms with Gasteiger partial charge in [-0.25, -0.2) is 0 Å². The SMILES string of the molecule is CC/C(Br)=C(\Br)CC. The quantitative estimate of drug-likeness (QED) is 0.690. The zero-order valence-corrected chi connectivity index (χ0v) is 8.34. The molecule has 8 heavy (non-hydrogen) atoms. The molecule has 0 aliphatic heterocycles. The van der Waals surface area contributed by atoms with Gasteiger partial charge in [-0.05, 0) is 12.8 Å². The van der Waals surface area contributed by atoms with Crippen molar-refractivity contribution < 1.29 is 0 Å². The second-order valence-corrected chi connectivity index (χ2v) is 3.43. The lowest BCUT2D eigenvalue weighted by atomic mass is 10.3. The fourth-order valence-electron chi connectivity index (χ4n) is 0.384. The zero-order chi connectivity index (χ0) is 6.57. The van der Waals surface area contributed by atoms with Crippen LogP contribution in [0.1, 0.15) is 26.7 Å². The molecule has 0 radical (unpaired) electrons. The minimum absolute atomic E-state index is 1.08. The van der Waals surface area contributed by atoms with Gasteiger partial charge in [0.05, 0.1) is 0 Å².